The first-order valence-corrected chi connectivity index (χ1v) is 9.20. The minimum Gasteiger partial charge on any atom is -0.385 e. The van der Waals surface area contributed by atoms with Crippen LogP contribution in [0.2, 0.25) is 0 Å². The monoisotopic (exact) mass is 495 g/mol. The van der Waals surface area contributed by atoms with Crippen molar-refractivity contribution in [2.75, 3.05) is 47.0 Å². The number of guanidine groups is 1. The molecule has 2 heterocycles. The molecule has 27 heavy (non-hydrogen) atoms. The Hall–Kier alpha value is -0.980. The van der Waals surface area contributed by atoms with Crippen molar-refractivity contribution in [2.24, 2.45) is 12.0 Å². The van der Waals surface area contributed by atoms with Crippen LogP contribution >= 0.6 is 24.0 Å². The van der Waals surface area contributed by atoms with Crippen LogP contribution in [0, 0.1) is 6.92 Å². The van der Waals surface area contributed by atoms with Crippen LogP contribution < -0.4 is 10.6 Å². The Labute approximate surface area is 179 Å². The van der Waals surface area contributed by atoms with Gasteiger partial charge in [-0.25, -0.2) is 4.99 Å². The Balaban J connectivity index is 0.00000364. The van der Waals surface area contributed by atoms with Crippen molar-refractivity contribution >= 4 is 29.9 Å². The van der Waals surface area contributed by atoms with Crippen LogP contribution in [0.1, 0.15) is 25.0 Å². The maximum atomic E-state index is 5.91. The Kier molecular flexibility index (Phi) is 11.1. The summed E-state index contributed by atoms with van der Waals surface area (Å²) in [5.74, 6) is 2.47. The molecule has 2 rings (SSSR count). The van der Waals surface area contributed by atoms with Gasteiger partial charge in [-0.05, 0) is 27.3 Å². The summed E-state index contributed by atoms with van der Waals surface area (Å²) in [4.78, 5) is 6.97. The van der Waals surface area contributed by atoms with Gasteiger partial charge in [-0.3, -0.25) is 0 Å². The number of halogens is 1. The van der Waals surface area contributed by atoms with Gasteiger partial charge in [-0.2, -0.15) is 0 Å². The molecule has 1 aromatic rings. The number of methoxy groups -OCH3 is 1. The van der Waals surface area contributed by atoms with Gasteiger partial charge in [0.15, 0.2) is 11.8 Å². The highest BCUT2D eigenvalue weighted by atomic mass is 127. The van der Waals surface area contributed by atoms with Crippen LogP contribution in [0.4, 0.5) is 0 Å². The van der Waals surface area contributed by atoms with Gasteiger partial charge in [0.25, 0.3) is 0 Å². The maximum absolute atomic E-state index is 5.91. The molecule has 0 aromatic carbocycles. The van der Waals surface area contributed by atoms with Crippen molar-refractivity contribution in [3.8, 4) is 0 Å². The fraction of sp³-hybridized carbons (Fsp3) is 0.824. The molecule has 1 fully saturated rings. The van der Waals surface area contributed by atoms with Gasteiger partial charge >= 0.3 is 0 Å². The molecule has 2 N–H and O–H groups in total. The molecule has 0 amide bonds. The number of aromatic nitrogens is 3. The number of hydrogen-bond donors (Lipinski definition) is 2. The largest absolute Gasteiger partial charge is 0.385 e. The number of rotatable bonds is 8. The smallest absolute Gasteiger partial charge is 0.192 e. The Morgan fingerprint density at radius 3 is 2.81 bits per heavy atom. The summed E-state index contributed by atoms with van der Waals surface area (Å²) in [6.07, 6.45) is 1.05. The fourth-order valence-corrected chi connectivity index (χ4v) is 2.74. The van der Waals surface area contributed by atoms with Gasteiger partial charge in [0.05, 0.1) is 18.8 Å². The number of aliphatic imine (C=N–C) groups is 1. The zero-order chi connectivity index (χ0) is 18.9. The van der Waals surface area contributed by atoms with E-state index in [9.17, 15) is 0 Å². The van der Waals surface area contributed by atoms with Gasteiger partial charge in [0.1, 0.15) is 12.4 Å². The van der Waals surface area contributed by atoms with E-state index in [1.807, 2.05) is 18.5 Å². The van der Waals surface area contributed by atoms with Crippen molar-refractivity contribution in [3.05, 3.63) is 11.6 Å². The molecule has 1 aromatic heterocycles. The van der Waals surface area contributed by atoms with Gasteiger partial charge in [0.2, 0.25) is 0 Å². The molecule has 9 nitrogen and oxygen atoms in total. The van der Waals surface area contributed by atoms with Crippen molar-refractivity contribution < 1.29 is 9.47 Å². The van der Waals surface area contributed by atoms with E-state index < -0.39 is 0 Å². The van der Waals surface area contributed by atoms with Gasteiger partial charge < -0.3 is 29.6 Å². The minimum absolute atomic E-state index is 0. The van der Waals surface area contributed by atoms with Crippen LogP contribution in [0.25, 0.3) is 0 Å². The first-order chi connectivity index (χ1) is 12.5. The van der Waals surface area contributed by atoms with E-state index >= 15 is 0 Å². The molecule has 0 saturated carbocycles. The highest BCUT2D eigenvalue weighted by molar-refractivity contribution is 14.0. The van der Waals surface area contributed by atoms with E-state index in [0.29, 0.717) is 6.54 Å². The topological polar surface area (TPSA) is 88.8 Å². The van der Waals surface area contributed by atoms with Crippen molar-refractivity contribution in [3.63, 3.8) is 0 Å². The molecule has 2 atom stereocenters. The second kappa shape index (κ2) is 12.5. The molecule has 0 radical (unpaired) electrons. The molecule has 1 aliphatic heterocycles. The molecular weight excluding hydrogens is 461 g/mol. The van der Waals surface area contributed by atoms with Crippen molar-refractivity contribution in [1.29, 1.82) is 0 Å². The van der Waals surface area contributed by atoms with E-state index in [0.717, 1.165) is 56.9 Å². The van der Waals surface area contributed by atoms with Crippen LogP contribution in [-0.4, -0.2) is 84.8 Å². The number of ether oxygens (including phenoxy) is 2. The highest BCUT2D eigenvalue weighted by Gasteiger charge is 2.24. The van der Waals surface area contributed by atoms with Crippen molar-refractivity contribution in [2.45, 2.75) is 39.0 Å². The third-order valence-corrected chi connectivity index (χ3v) is 4.60. The normalized spacial score (nSPS) is 19.4. The lowest BCUT2D eigenvalue weighted by Gasteiger charge is -2.34. The first-order valence-electron chi connectivity index (χ1n) is 9.20. The van der Waals surface area contributed by atoms with Crippen LogP contribution in [-0.2, 0) is 23.1 Å². The standard InChI is InChI=1S/C17H33N7O2.HI/c1-13(15-12-23(3)8-10-26-15)20-17(18-7-6-9-25-5)19-11-16-22-21-14(2)24(16)4;/h13,15H,6-12H2,1-5H3,(H2,18,19,20);1H. The fourth-order valence-electron chi connectivity index (χ4n) is 2.74. The van der Waals surface area contributed by atoms with Gasteiger partial charge in [-0.1, -0.05) is 0 Å². The molecule has 156 valence electrons. The average molecular weight is 495 g/mol. The summed E-state index contributed by atoms with van der Waals surface area (Å²) >= 11 is 0. The molecular formula is C17H34IN7O2. The Morgan fingerprint density at radius 1 is 1.41 bits per heavy atom. The SMILES string of the molecule is COCCCNC(=NCc1nnc(C)n1C)NC(C)C1CN(C)CCO1.I. The lowest BCUT2D eigenvalue weighted by molar-refractivity contribution is -0.0324. The summed E-state index contributed by atoms with van der Waals surface area (Å²) in [5, 5.41) is 15.1. The Morgan fingerprint density at radius 2 is 2.19 bits per heavy atom. The molecule has 0 aliphatic carbocycles. The maximum Gasteiger partial charge on any atom is 0.192 e. The van der Waals surface area contributed by atoms with Crippen LogP contribution in [0.3, 0.4) is 0 Å². The number of morpholine rings is 1. The quantitative estimate of drug-likeness (QED) is 0.236. The molecule has 1 aliphatic rings. The predicted molar refractivity (Wildman–Crippen MR) is 117 cm³/mol. The first kappa shape index (κ1) is 24.1. The van der Waals surface area contributed by atoms with Crippen LogP contribution in [0.15, 0.2) is 4.99 Å². The number of nitrogens with zero attached hydrogens (tertiary/aromatic N) is 5. The van der Waals surface area contributed by atoms with Gasteiger partial charge in [0, 0.05) is 40.4 Å². The number of likely N-dealkylation sites (N-methyl/N-ethyl adjacent to an activating group) is 1. The number of hydrogen-bond acceptors (Lipinski definition) is 6. The lowest BCUT2D eigenvalue weighted by Crippen LogP contribution is -2.53. The van der Waals surface area contributed by atoms with E-state index in [2.05, 4.69) is 44.7 Å². The summed E-state index contributed by atoms with van der Waals surface area (Å²) in [6, 6.07) is 0.146. The molecule has 1 saturated heterocycles. The van der Waals surface area contributed by atoms with Gasteiger partial charge in [-0.15, -0.1) is 34.2 Å². The summed E-state index contributed by atoms with van der Waals surface area (Å²) < 4.78 is 13.0. The van der Waals surface area contributed by atoms with E-state index in [1.165, 1.54) is 0 Å². The number of aryl methyl sites for hydroxylation is 1. The van der Waals surface area contributed by atoms with E-state index in [1.54, 1.807) is 7.11 Å². The minimum atomic E-state index is 0. The van der Waals surface area contributed by atoms with E-state index in [-0.39, 0.29) is 36.1 Å². The van der Waals surface area contributed by atoms with E-state index in [4.69, 9.17) is 9.47 Å². The second-order valence-corrected chi connectivity index (χ2v) is 6.76. The third kappa shape index (κ3) is 7.88. The van der Waals surface area contributed by atoms with Crippen molar-refractivity contribution in [1.82, 2.24) is 30.3 Å². The molecule has 0 spiro atoms. The Bertz CT molecular complexity index is 582. The summed E-state index contributed by atoms with van der Waals surface area (Å²) in [6.45, 7) is 8.68. The number of nitrogens with one attached hydrogen (secondary N) is 2. The third-order valence-electron chi connectivity index (χ3n) is 4.60. The predicted octanol–water partition coefficient (Wildman–Crippen LogP) is 0.532. The zero-order valence-electron chi connectivity index (χ0n) is 17.1. The molecule has 2 unspecified atom stereocenters. The average Bonchev–Trinajstić information content (AvgIpc) is 2.95. The molecule has 0 bridgehead atoms. The van der Waals surface area contributed by atoms with Crippen LogP contribution in [0.5, 0.6) is 0 Å². The molecule has 10 heteroatoms. The summed E-state index contributed by atoms with van der Waals surface area (Å²) in [7, 11) is 5.78. The second-order valence-electron chi connectivity index (χ2n) is 6.76. The lowest BCUT2D eigenvalue weighted by atomic mass is 10.1. The zero-order valence-corrected chi connectivity index (χ0v) is 19.4. The summed E-state index contributed by atoms with van der Waals surface area (Å²) in [5.41, 5.74) is 0. The highest BCUT2D eigenvalue weighted by Crippen LogP contribution is 2.07.